The van der Waals surface area contributed by atoms with Crippen molar-refractivity contribution in [3.05, 3.63) is 47.2 Å². The van der Waals surface area contributed by atoms with E-state index in [1.165, 1.54) is 4.90 Å². The van der Waals surface area contributed by atoms with Gasteiger partial charge in [0.25, 0.3) is 5.91 Å². The lowest BCUT2D eigenvalue weighted by atomic mass is 9.92. The van der Waals surface area contributed by atoms with Gasteiger partial charge in [-0.15, -0.1) is 0 Å². The average molecular weight is 481 g/mol. The SMILES string of the molecule is CCCCN(CC(=O)Nc1cc(C(C)(C)C)nn1C(C)(C)C)C(=O)c1ccc(C(F)(F)F)cc1. The number of aromatic nitrogens is 2. The number of alkyl halides is 3. The Balaban J connectivity index is 2.25. The summed E-state index contributed by atoms with van der Waals surface area (Å²) >= 11 is 0. The topological polar surface area (TPSA) is 67.2 Å². The molecule has 1 aromatic heterocycles. The Morgan fingerprint density at radius 2 is 1.62 bits per heavy atom. The van der Waals surface area contributed by atoms with Crippen molar-refractivity contribution in [3.8, 4) is 0 Å². The van der Waals surface area contributed by atoms with Gasteiger partial charge in [0.2, 0.25) is 5.91 Å². The van der Waals surface area contributed by atoms with Crippen LogP contribution in [0, 0.1) is 0 Å². The second-order valence-electron chi connectivity index (χ2n) is 10.5. The largest absolute Gasteiger partial charge is 0.416 e. The lowest BCUT2D eigenvalue weighted by molar-refractivity contribution is -0.137. The van der Waals surface area contributed by atoms with Gasteiger partial charge in [0, 0.05) is 23.6 Å². The summed E-state index contributed by atoms with van der Waals surface area (Å²) in [4.78, 5) is 27.3. The van der Waals surface area contributed by atoms with Crippen molar-refractivity contribution in [1.82, 2.24) is 14.7 Å². The number of halogens is 3. The highest BCUT2D eigenvalue weighted by Gasteiger charge is 2.31. The molecule has 0 saturated heterocycles. The van der Waals surface area contributed by atoms with Crippen LogP contribution in [0.2, 0.25) is 0 Å². The zero-order valence-electron chi connectivity index (χ0n) is 21.0. The molecule has 0 aliphatic heterocycles. The van der Waals surface area contributed by atoms with Gasteiger partial charge in [-0.2, -0.15) is 18.3 Å². The standard InChI is InChI=1S/C25H35F3N4O2/c1-8-9-14-31(22(34)17-10-12-18(13-11-17)25(26,27)28)16-21(33)29-20-15-19(23(2,3)4)30-32(20)24(5,6)7/h10-13,15H,8-9,14,16H2,1-7H3,(H,29,33). The number of amides is 2. The first-order valence-corrected chi connectivity index (χ1v) is 11.4. The number of carbonyl (C=O) groups excluding carboxylic acids is 2. The molecule has 0 spiro atoms. The van der Waals surface area contributed by atoms with E-state index in [-0.39, 0.29) is 23.1 Å². The third-order valence-corrected chi connectivity index (χ3v) is 5.24. The second-order valence-corrected chi connectivity index (χ2v) is 10.5. The fourth-order valence-electron chi connectivity index (χ4n) is 3.29. The van der Waals surface area contributed by atoms with Crippen molar-refractivity contribution in [1.29, 1.82) is 0 Å². The van der Waals surface area contributed by atoms with Crippen LogP contribution in [-0.2, 0) is 21.9 Å². The third kappa shape index (κ3) is 7.08. The molecule has 0 bridgehead atoms. The molecule has 6 nitrogen and oxygen atoms in total. The molecule has 9 heteroatoms. The van der Waals surface area contributed by atoms with Crippen molar-refractivity contribution >= 4 is 17.6 Å². The lowest BCUT2D eigenvalue weighted by Crippen LogP contribution is -2.39. The summed E-state index contributed by atoms with van der Waals surface area (Å²) in [5.74, 6) is -0.362. The zero-order chi connectivity index (χ0) is 25.9. The summed E-state index contributed by atoms with van der Waals surface area (Å²) in [6.45, 7) is 14.1. The van der Waals surface area contributed by atoms with Crippen LogP contribution < -0.4 is 5.32 Å². The van der Waals surface area contributed by atoms with Crippen molar-refractivity contribution in [2.75, 3.05) is 18.4 Å². The van der Waals surface area contributed by atoms with Gasteiger partial charge in [0.05, 0.1) is 16.8 Å². The van der Waals surface area contributed by atoms with E-state index in [9.17, 15) is 22.8 Å². The van der Waals surface area contributed by atoms with Crippen molar-refractivity contribution < 1.29 is 22.8 Å². The number of hydrogen-bond acceptors (Lipinski definition) is 3. The highest BCUT2D eigenvalue weighted by molar-refractivity contribution is 5.99. The number of nitrogens with zero attached hydrogens (tertiary/aromatic N) is 3. The fraction of sp³-hybridized carbons (Fsp3) is 0.560. The van der Waals surface area contributed by atoms with Crippen LogP contribution >= 0.6 is 0 Å². The highest BCUT2D eigenvalue weighted by Crippen LogP contribution is 2.30. The van der Waals surface area contributed by atoms with E-state index >= 15 is 0 Å². The molecule has 0 aliphatic carbocycles. The van der Waals surface area contributed by atoms with Crippen LogP contribution in [0.3, 0.4) is 0 Å². The minimum Gasteiger partial charge on any atom is -0.329 e. The Morgan fingerprint density at radius 1 is 1.03 bits per heavy atom. The third-order valence-electron chi connectivity index (χ3n) is 5.24. The van der Waals surface area contributed by atoms with E-state index in [0.29, 0.717) is 18.8 Å². The molecule has 2 aromatic rings. The Labute approximate surface area is 199 Å². The van der Waals surface area contributed by atoms with E-state index in [1.54, 1.807) is 4.68 Å². The summed E-state index contributed by atoms with van der Waals surface area (Å²) in [5, 5.41) is 7.55. The normalized spacial score (nSPS) is 12.5. The van der Waals surface area contributed by atoms with Gasteiger partial charge in [0.15, 0.2) is 0 Å². The van der Waals surface area contributed by atoms with Gasteiger partial charge >= 0.3 is 6.18 Å². The Bertz CT molecular complexity index is 997. The first kappa shape index (κ1) is 27.4. The van der Waals surface area contributed by atoms with Gasteiger partial charge in [-0.05, 0) is 51.5 Å². The van der Waals surface area contributed by atoms with Crippen molar-refractivity contribution in [2.24, 2.45) is 0 Å². The molecule has 1 heterocycles. The second kappa shape index (κ2) is 10.2. The van der Waals surface area contributed by atoms with Crippen LogP contribution in [0.5, 0.6) is 0 Å². The summed E-state index contributed by atoms with van der Waals surface area (Å²) in [6.07, 6.45) is -3.02. The predicted molar refractivity (Wildman–Crippen MR) is 127 cm³/mol. The summed E-state index contributed by atoms with van der Waals surface area (Å²) in [5.41, 5.74) is -0.508. The smallest absolute Gasteiger partial charge is 0.329 e. The number of benzene rings is 1. The zero-order valence-corrected chi connectivity index (χ0v) is 21.0. The van der Waals surface area contributed by atoms with Crippen LogP contribution in [0.1, 0.15) is 82.9 Å². The van der Waals surface area contributed by atoms with Gasteiger partial charge < -0.3 is 10.2 Å². The molecule has 2 rings (SSSR count). The molecule has 0 aliphatic rings. The Hall–Kier alpha value is -2.84. The molecule has 0 fully saturated rings. The molecule has 0 radical (unpaired) electrons. The van der Waals surface area contributed by atoms with Crippen LogP contribution in [-0.4, -0.2) is 39.6 Å². The minimum absolute atomic E-state index is 0.103. The van der Waals surface area contributed by atoms with E-state index < -0.39 is 23.6 Å². The number of carbonyl (C=O) groups is 2. The average Bonchev–Trinajstić information content (AvgIpc) is 3.14. The molecular weight excluding hydrogens is 445 g/mol. The van der Waals surface area contributed by atoms with Gasteiger partial charge in [0.1, 0.15) is 12.4 Å². The molecule has 1 N–H and O–H groups in total. The first-order chi connectivity index (χ1) is 15.5. The number of anilines is 1. The molecule has 0 atom stereocenters. The Morgan fingerprint density at radius 3 is 2.09 bits per heavy atom. The van der Waals surface area contributed by atoms with Crippen molar-refractivity contribution in [3.63, 3.8) is 0 Å². The first-order valence-electron chi connectivity index (χ1n) is 11.4. The number of hydrogen-bond donors (Lipinski definition) is 1. The maximum atomic E-state index is 13.0. The minimum atomic E-state index is -4.48. The molecule has 188 valence electrons. The molecule has 2 amide bonds. The summed E-state index contributed by atoms with van der Waals surface area (Å²) in [6, 6.07) is 5.87. The van der Waals surface area contributed by atoms with Crippen molar-refractivity contribution in [2.45, 2.75) is 78.4 Å². The van der Waals surface area contributed by atoms with E-state index in [2.05, 4.69) is 10.4 Å². The summed E-state index contributed by atoms with van der Waals surface area (Å²) in [7, 11) is 0. The molecule has 0 saturated carbocycles. The monoisotopic (exact) mass is 480 g/mol. The number of rotatable bonds is 7. The number of nitrogens with one attached hydrogen (secondary N) is 1. The van der Waals surface area contributed by atoms with Gasteiger partial charge in [-0.25, -0.2) is 4.68 Å². The van der Waals surface area contributed by atoms with Gasteiger partial charge in [-0.3, -0.25) is 9.59 Å². The molecule has 1 aromatic carbocycles. The maximum Gasteiger partial charge on any atom is 0.416 e. The molecule has 0 unspecified atom stereocenters. The van der Waals surface area contributed by atoms with E-state index in [4.69, 9.17) is 0 Å². The fourth-order valence-corrected chi connectivity index (χ4v) is 3.29. The quantitative estimate of drug-likeness (QED) is 0.542. The Kier molecular flexibility index (Phi) is 8.22. The predicted octanol–water partition coefficient (Wildman–Crippen LogP) is 5.84. The lowest BCUT2D eigenvalue weighted by Gasteiger charge is -2.25. The van der Waals surface area contributed by atoms with Crippen LogP contribution in [0.15, 0.2) is 30.3 Å². The van der Waals surface area contributed by atoms with Crippen LogP contribution in [0.4, 0.5) is 19.0 Å². The number of unbranched alkanes of at least 4 members (excludes halogenated alkanes) is 1. The van der Waals surface area contributed by atoms with E-state index in [1.807, 2.05) is 54.5 Å². The van der Waals surface area contributed by atoms with E-state index in [0.717, 1.165) is 36.4 Å². The highest BCUT2D eigenvalue weighted by atomic mass is 19.4. The summed E-state index contributed by atoms with van der Waals surface area (Å²) < 4.78 is 40.3. The van der Waals surface area contributed by atoms with Gasteiger partial charge in [-0.1, -0.05) is 34.1 Å². The maximum absolute atomic E-state index is 13.0. The van der Waals surface area contributed by atoms with Crippen LogP contribution in [0.25, 0.3) is 0 Å². The molecular formula is C25H35F3N4O2. The molecule has 34 heavy (non-hydrogen) atoms.